The van der Waals surface area contributed by atoms with E-state index < -0.39 is 0 Å². The van der Waals surface area contributed by atoms with E-state index in [-0.39, 0.29) is 0 Å². The summed E-state index contributed by atoms with van der Waals surface area (Å²) in [6, 6.07) is 9.96. The zero-order chi connectivity index (χ0) is 18.5. The van der Waals surface area contributed by atoms with Crippen molar-refractivity contribution in [3.05, 3.63) is 46.5 Å². The van der Waals surface area contributed by atoms with Crippen LogP contribution >= 0.6 is 11.6 Å². The van der Waals surface area contributed by atoms with Crippen molar-refractivity contribution in [1.29, 1.82) is 0 Å². The molecule has 0 amide bonds. The Bertz CT molecular complexity index is 766. The number of rotatable bonds is 7. The zero-order valence-corrected chi connectivity index (χ0v) is 16.1. The Hall–Kier alpha value is -2.11. The maximum absolute atomic E-state index is 6.35. The highest BCUT2D eigenvalue weighted by Gasteiger charge is 2.18. The van der Waals surface area contributed by atoms with Gasteiger partial charge in [-0.1, -0.05) is 24.6 Å². The molecule has 5 nitrogen and oxygen atoms in total. The molecule has 0 radical (unpaired) electrons. The van der Waals surface area contributed by atoms with E-state index in [2.05, 4.69) is 17.9 Å². The van der Waals surface area contributed by atoms with Crippen molar-refractivity contribution in [2.24, 2.45) is 0 Å². The van der Waals surface area contributed by atoms with Gasteiger partial charge >= 0.3 is 0 Å². The lowest BCUT2D eigenvalue weighted by molar-refractivity contribution is 0.171. The van der Waals surface area contributed by atoms with Gasteiger partial charge in [-0.25, -0.2) is 0 Å². The van der Waals surface area contributed by atoms with Crippen LogP contribution in [0.25, 0.3) is 0 Å². The lowest BCUT2D eigenvalue weighted by Crippen LogP contribution is -2.23. The van der Waals surface area contributed by atoms with Crippen LogP contribution in [0.1, 0.15) is 18.1 Å². The molecular weight excluding hydrogens is 354 g/mol. The van der Waals surface area contributed by atoms with E-state index in [0.717, 1.165) is 48.0 Å². The van der Waals surface area contributed by atoms with Gasteiger partial charge in [-0.2, -0.15) is 0 Å². The fraction of sp³-hybridized carbons (Fsp3) is 0.400. The summed E-state index contributed by atoms with van der Waals surface area (Å²) >= 11 is 6.35. The standard InChI is InChI=1S/C20H24ClNO4/c1-4-22(12-14-5-6-17(23-2)18(10-14)24-3)13-15-9-16(21)20-19(11-15)25-7-8-26-20/h5-6,9-11H,4,7-8,12-13H2,1-3H3. The molecule has 0 bridgehead atoms. The molecule has 6 heteroatoms. The molecule has 0 unspecified atom stereocenters. The van der Waals surface area contributed by atoms with Crippen molar-refractivity contribution >= 4 is 11.6 Å². The first-order valence-corrected chi connectivity index (χ1v) is 9.03. The van der Waals surface area contributed by atoms with Crippen molar-refractivity contribution < 1.29 is 18.9 Å². The minimum atomic E-state index is 0.534. The summed E-state index contributed by atoms with van der Waals surface area (Å²) in [5.74, 6) is 2.84. The first-order valence-electron chi connectivity index (χ1n) is 8.65. The number of hydrogen-bond acceptors (Lipinski definition) is 5. The van der Waals surface area contributed by atoms with E-state index >= 15 is 0 Å². The summed E-state index contributed by atoms with van der Waals surface area (Å²) in [6.07, 6.45) is 0. The third-order valence-corrected chi connectivity index (χ3v) is 4.64. The van der Waals surface area contributed by atoms with E-state index in [1.807, 2.05) is 24.3 Å². The molecule has 1 aliphatic rings. The van der Waals surface area contributed by atoms with Gasteiger partial charge in [-0.15, -0.1) is 0 Å². The molecule has 0 fully saturated rings. The van der Waals surface area contributed by atoms with Gasteiger partial charge in [-0.3, -0.25) is 4.90 Å². The first kappa shape index (κ1) is 18.7. The predicted octanol–water partition coefficient (Wildman–Crippen LogP) is 4.15. The van der Waals surface area contributed by atoms with Gasteiger partial charge in [0.05, 0.1) is 19.2 Å². The summed E-state index contributed by atoms with van der Waals surface area (Å²) in [5, 5.41) is 0.597. The topological polar surface area (TPSA) is 40.2 Å². The van der Waals surface area contributed by atoms with Crippen molar-refractivity contribution in [3.8, 4) is 23.0 Å². The third-order valence-electron chi connectivity index (χ3n) is 4.36. The van der Waals surface area contributed by atoms with Gasteiger partial charge in [0.1, 0.15) is 13.2 Å². The summed E-state index contributed by atoms with van der Waals surface area (Å²) in [6.45, 7) is 5.69. The van der Waals surface area contributed by atoms with E-state index in [1.54, 1.807) is 14.2 Å². The van der Waals surface area contributed by atoms with Gasteiger partial charge in [-0.05, 0) is 41.9 Å². The van der Waals surface area contributed by atoms with Crippen molar-refractivity contribution in [2.75, 3.05) is 34.0 Å². The smallest absolute Gasteiger partial charge is 0.179 e. The van der Waals surface area contributed by atoms with Crippen LogP contribution in [0.15, 0.2) is 30.3 Å². The SMILES string of the molecule is CCN(Cc1ccc(OC)c(OC)c1)Cc1cc(Cl)c2c(c1)OCCO2. The normalized spacial score (nSPS) is 13.0. The number of ether oxygens (including phenoxy) is 4. The largest absolute Gasteiger partial charge is 0.493 e. The Balaban J connectivity index is 1.75. The molecule has 140 valence electrons. The molecule has 1 aliphatic heterocycles. The number of fused-ring (bicyclic) bond motifs is 1. The van der Waals surface area contributed by atoms with E-state index in [0.29, 0.717) is 24.0 Å². The molecular formula is C20H24ClNO4. The molecule has 2 aromatic rings. The van der Waals surface area contributed by atoms with Crippen LogP contribution in [0.5, 0.6) is 23.0 Å². The number of benzene rings is 2. The van der Waals surface area contributed by atoms with Crippen LogP contribution < -0.4 is 18.9 Å². The van der Waals surface area contributed by atoms with Crippen LogP contribution in [-0.4, -0.2) is 38.9 Å². The monoisotopic (exact) mass is 377 g/mol. The maximum atomic E-state index is 6.35. The predicted molar refractivity (Wildman–Crippen MR) is 102 cm³/mol. The van der Waals surface area contributed by atoms with Gasteiger partial charge in [0.2, 0.25) is 0 Å². The van der Waals surface area contributed by atoms with E-state index in [1.165, 1.54) is 0 Å². The van der Waals surface area contributed by atoms with Gasteiger partial charge in [0, 0.05) is 13.1 Å². The average molecular weight is 378 g/mol. The lowest BCUT2D eigenvalue weighted by Gasteiger charge is -2.24. The molecule has 0 saturated carbocycles. The average Bonchev–Trinajstić information content (AvgIpc) is 2.67. The van der Waals surface area contributed by atoms with E-state index in [9.17, 15) is 0 Å². The molecule has 2 aromatic carbocycles. The Kier molecular flexibility index (Phi) is 6.12. The second kappa shape index (κ2) is 8.52. The van der Waals surface area contributed by atoms with Crippen molar-refractivity contribution in [3.63, 3.8) is 0 Å². The molecule has 0 atom stereocenters. The summed E-state index contributed by atoms with van der Waals surface area (Å²) in [7, 11) is 3.29. The molecule has 26 heavy (non-hydrogen) atoms. The van der Waals surface area contributed by atoms with Crippen molar-refractivity contribution in [1.82, 2.24) is 4.90 Å². The Labute approximate surface area is 159 Å². The fourth-order valence-corrected chi connectivity index (χ4v) is 3.32. The molecule has 0 aliphatic carbocycles. The second-order valence-corrected chi connectivity index (χ2v) is 6.50. The van der Waals surface area contributed by atoms with Crippen LogP contribution in [0.2, 0.25) is 5.02 Å². The fourth-order valence-electron chi connectivity index (χ4n) is 3.03. The number of hydrogen-bond donors (Lipinski definition) is 0. The number of nitrogens with zero attached hydrogens (tertiary/aromatic N) is 1. The highest BCUT2D eigenvalue weighted by Crippen LogP contribution is 2.38. The Morgan fingerprint density at radius 3 is 2.42 bits per heavy atom. The molecule has 0 aromatic heterocycles. The van der Waals surface area contributed by atoms with Crippen LogP contribution in [0.4, 0.5) is 0 Å². The van der Waals surface area contributed by atoms with Crippen LogP contribution in [0, 0.1) is 0 Å². The molecule has 1 heterocycles. The molecule has 0 N–H and O–H groups in total. The second-order valence-electron chi connectivity index (χ2n) is 6.09. The zero-order valence-electron chi connectivity index (χ0n) is 15.4. The Morgan fingerprint density at radius 2 is 1.69 bits per heavy atom. The minimum absolute atomic E-state index is 0.534. The summed E-state index contributed by atoms with van der Waals surface area (Å²) < 4.78 is 22.0. The van der Waals surface area contributed by atoms with Crippen molar-refractivity contribution in [2.45, 2.75) is 20.0 Å². The number of halogens is 1. The molecule has 0 saturated heterocycles. The van der Waals surface area contributed by atoms with Gasteiger partial charge in [0.15, 0.2) is 23.0 Å². The number of methoxy groups -OCH3 is 2. The highest BCUT2D eigenvalue weighted by atomic mass is 35.5. The molecule has 3 rings (SSSR count). The first-order chi connectivity index (χ1) is 12.6. The summed E-state index contributed by atoms with van der Waals surface area (Å²) in [4.78, 5) is 2.32. The lowest BCUT2D eigenvalue weighted by atomic mass is 10.1. The Morgan fingerprint density at radius 1 is 0.962 bits per heavy atom. The van der Waals surface area contributed by atoms with Crippen LogP contribution in [-0.2, 0) is 13.1 Å². The molecule has 0 spiro atoms. The van der Waals surface area contributed by atoms with Crippen LogP contribution in [0.3, 0.4) is 0 Å². The quantitative estimate of drug-likeness (QED) is 0.724. The highest BCUT2D eigenvalue weighted by molar-refractivity contribution is 6.32. The van der Waals surface area contributed by atoms with Gasteiger partial charge < -0.3 is 18.9 Å². The third kappa shape index (κ3) is 4.17. The minimum Gasteiger partial charge on any atom is -0.493 e. The maximum Gasteiger partial charge on any atom is 0.179 e. The van der Waals surface area contributed by atoms with Gasteiger partial charge in [0.25, 0.3) is 0 Å². The van der Waals surface area contributed by atoms with E-state index in [4.69, 9.17) is 30.5 Å². The summed E-state index contributed by atoms with van der Waals surface area (Å²) in [5.41, 5.74) is 2.26.